The number of rotatable bonds is 5. The first-order chi connectivity index (χ1) is 6.35. The van der Waals surface area contributed by atoms with Gasteiger partial charge in [-0.3, -0.25) is 0 Å². The maximum Gasteiger partial charge on any atom is 0.0577 e. The molecule has 0 radical (unpaired) electrons. The number of allylic oxidation sites excluding steroid dienone is 1. The normalized spacial score (nSPS) is 17.3. The van der Waals surface area contributed by atoms with Crippen LogP contribution in [0.1, 0.15) is 53.9 Å². The lowest BCUT2D eigenvalue weighted by atomic mass is 9.83. The minimum absolute atomic E-state index is 0.163. The summed E-state index contributed by atoms with van der Waals surface area (Å²) < 4.78 is 0. The Labute approximate surface area is 89.2 Å². The fourth-order valence-electron chi connectivity index (χ4n) is 1.98. The van der Waals surface area contributed by atoms with Crippen molar-refractivity contribution in [2.24, 2.45) is 11.3 Å². The molecule has 0 aliphatic heterocycles. The second-order valence-corrected chi connectivity index (χ2v) is 5.56. The molecule has 0 fully saturated rings. The van der Waals surface area contributed by atoms with Crippen LogP contribution in [-0.4, -0.2) is 11.2 Å². The van der Waals surface area contributed by atoms with E-state index in [1.54, 1.807) is 0 Å². The van der Waals surface area contributed by atoms with Crippen LogP contribution in [0.4, 0.5) is 0 Å². The van der Waals surface area contributed by atoms with Gasteiger partial charge in [0.1, 0.15) is 0 Å². The number of hydrogen-bond donors (Lipinski definition) is 1. The Morgan fingerprint density at radius 1 is 1.29 bits per heavy atom. The first kappa shape index (κ1) is 13.7. The lowest BCUT2D eigenvalue weighted by Crippen LogP contribution is -2.16. The van der Waals surface area contributed by atoms with Crippen molar-refractivity contribution in [2.45, 2.75) is 60.0 Å². The van der Waals surface area contributed by atoms with E-state index >= 15 is 0 Å². The molecular weight excluding hydrogens is 172 g/mol. The Balaban J connectivity index is 3.76. The van der Waals surface area contributed by atoms with E-state index in [2.05, 4.69) is 27.7 Å². The van der Waals surface area contributed by atoms with Crippen molar-refractivity contribution < 1.29 is 5.11 Å². The zero-order valence-electron chi connectivity index (χ0n) is 10.4. The van der Waals surface area contributed by atoms with Gasteiger partial charge in [-0.1, -0.05) is 39.8 Å². The van der Waals surface area contributed by atoms with Crippen LogP contribution in [0.15, 0.2) is 12.2 Å². The summed E-state index contributed by atoms with van der Waals surface area (Å²) in [7, 11) is 0. The van der Waals surface area contributed by atoms with Gasteiger partial charge < -0.3 is 5.11 Å². The van der Waals surface area contributed by atoms with E-state index < -0.39 is 0 Å². The molecule has 0 aromatic carbocycles. The van der Waals surface area contributed by atoms with Crippen LogP contribution >= 0.6 is 0 Å². The molecule has 84 valence electrons. The molecule has 1 N–H and O–H groups in total. The summed E-state index contributed by atoms with van der Waals surface area (Å²) in [6.07, 6.45) is 6.77. The molecule has 2 atom stereocenters. The highest BCUT2D eigenvalue weighted by atomic mass is 16.3. The second-order valence-electron chi connectivity index (χ2n) is 5.56. The Hall–Kier alpha value is -0.300. The maximum absolute atomic E-state index is 9.70. The molecule has 2 unspecified atom stereocenters. The number of aliphatic hydroxyl groups excluding tert-OH is 1. The van der Waals surface area contributed by atoms with Gasteiger partial charge in [-0.25, -0.2) is 0 Å². The summed E-state index contributed by atoms with van der Waals surface area (Å²) in [5, 5.41) is 9.70. The van der Waals surface area contributed by atoms with Crippen molar-refractivity contribution in [3.8, 4) is 0 Å². The zero-order valence-corrected chi connectivity index (χ0v) is 10.4. The molecule has 0 saturated carbocycles. The summed E-state index contributed by atoms with van der Waals surface area (Å²) in [4.78, 5) is 0. The van der Waals surface area contributed by atoms with E-state index in [-0.39, 0.29) is 6.10 Å². The third-order valence-corrected chi connectivity index (χ3v) is 2.28. The van der Waals surface area contributed by atoms with Crippen LogP contribution in [0.2, 0.25) is 0 Å². The van der Waals surface area contributed by atoms with Gasteiger partial charge in [0.2, 0.25) is 0 Å². The molecule has 0 bridgehead atoms. The van der Waals surface area contributed by atoms with Crippen LogP contribution in [0.25, 0.3) is 0 Å². The van der Waals surface area contributed by atoms with Gasteiger partial charge in [0.15, 0.2) is 0 Å². The quantitative estimate of drug-likeness (QED) is 0.667. The first-order valence-corrected chi connectivity index (χ1v) is 5.64. The SMILES string of the molecule is CC=CCC(O)CC(C)CC(C)(C)C. The molecule has 0 aliphatic rings. The van der Waals surface area contributed by atoms with Gasteiger partial charge in [-0.2, -0.15) is 0 Å². The zero-order chi connectivity index (χ0) is 11.2. The average molecular weight is 198 g/mol. The fraction of sp³-hybridized carbons (Fsp3) is 0.846. The monoisotopic (exact) mass is 198 g/mol. The highest BCUT2D eigenvalue weighted by Gasteiger charge is 2.17. The van der Waals surface area contributed by atoms with Crippen LogP contribution in [-0.2, 0) is 0 Å². The molecule has 0 spiro atoms. The van der Waals surface area contributed by atoms with E-state index in [4.69, 9.17) is 0 Å². The van der Waals surface area contributed by atoms with Gasteiger partial charge in [0.05, 0.1) is 6.10 Å². The van der Waals surface area contributed by atoms with Crippen LogP contribution < -0.4 is 0 Å². The Bertz CT molecular complexity index is 165. The maximum atomic E-state index is 9.70. The smallest absolute Gasteiger partial charge is 0.0577 e. The molecule has 1 heteroatoms. The van der Waals surface area contributed by atoms with E-state index in [1.165, 1.54) is 6.42 Å². The third-order valence-electron chi connectivity index (χ3n) is 2.28. The van der Waals surface area contributed by atoms with Gasteiger partial charge >= 0.3 is 0 Å². The largest absolute Gasteiger partial charge is 0.393 e. The van der Waals surface area contributed by atoms with Crippen molar-refractivity contribution in [3.05, 3.63) is 12.2 Å². The standard InChI is InChI=1S/C13H26O/c1-6-7-8-12(14)9-11(2)10-13(3,4)5/h6-7,11-12,14H,8-10H2,1-5H3. The second kappa shape index (κ2) is 6.23. The van der Waals surface area contributed by atoms with Crippen LogP contribution in [0.3, 0.4) is 0 Å². The van der Waals surface area contributed by atoms with E-state index in [9.17, 15) is 5.11 Å². The van der Waals surface area contributed by atoms with Crippen LogP contribution in [0, 0.1) is 11.3 Å². The van der Waals surface area contributed by atoms with Crippen molar-refractivity contribution in [1.82, 2.24) is 0 Å². The number of aliphatic hydroxyl groups is 1. The van der Waals surface area contributed by atoms with Crippen molar-refractivity contribution in [2.75, 3.05) is 0 Å². The van der Waals surface area contributed by atoms with Crippen molar-refractivity contribution in [1.29, 1.82) is 0 Å². The molecule has 0 heterocycles. The van der Waals surface area contributed by atoms with Crippen molar-refractivity contribution >= 4 is 0 Å². The molecule has 14 heavy (non-hydrogen) atoms. The molecule has 0 amide bonds. The molecular formula is C13H26O. The molecule has 0 aromatic heterocycles. The summed E-state index contributed by atoms with van der Waals surface area (Å²) in [6, 6.07) is 0. The predicted octanol–water partition coefficient (Wildman–Crippen LogP) is 3.78. The summed E-state index contributed by atoms with van der Waals surface area (Å²) in [5.41, 5.74) is 0.375. The summed E-state index contributed by atoms with van der Waals surface area (Å²) in [5.74, 6) is 0.607. The van der Waals surface area contributed by atoms with Gasteiger partial charge in [0.25, 0.3) is 0 Å². The fourth-order valence-corrected chi connectivity index (χ4v) is 1.98. The van der Waals surface area contributed by atoms with E-state index in [0.717, 1.165) is 12.8 Å². The highest BCUT2D eigenvalue weighted by Crippen LogP contribution is 2.27. The van der Waals surface area contributed by atoms with E-state index in [1.807, 2.05) is 19.1 Å². The lowest BCUT2D eigenvalue weighted by molar-refractivity contribution is 0.135. The van der Waals surface area contributed by atoms with Gasteiger partial charge in [0, 0.05) is 0 Å². The van der Waals surface area contributed by atoms with E-state index in [0.29, 0.717) is 11.3 Å². The van der Waals surface area contributed by atoms with Crippen LogP contribution in [0.5, 0.6) is 0 Å². The minimum Gasteiger partial charge on any atom is -0.393 e. The van der Waals surface area contributed by atoms with Gasteiger partial charge in [-0.05, 0) is 37.5 Å². The first-order valence-electron chi connectivity index (χ1n) is 5.64. The highest BCUT2D eigenvalue weighted by molar-refractivity contribution is 4.81. The molecule has 0 aromatic rings. The molecule has 1 nitrogen and oxygen atoms in total. The minimum atomic E-state index is -0.163. The summed E-state index contributed by atoms with van der Waals surface area (Å²) >= 11 is 0. The summed E-state index contributed by atoms with van der Waals surface area (Å²) in [6.45, 7) is 11.0. The average Bonchev–Trinajstić information content (AvgIpc) is 1.96. The van der Waals surface area contributed by atoms with Crippen molar-refractivity contribution in [3.63, 3.8) is 0 Å². The Morgan fingerprint density at radius 2 is 1.86 bits per heavy atom. The molecule has 0 aliphatic carbocycles. The molecule has 0 rings (SSSR count). The lowest BCUT2D eigenvalue weighted by Gasteiger charge is -2.24. The Morgan fingerprint density at radius 3 is 2.29 bits per heavy atom. The Kier molecular flexibility index (Phi) is 6.10. The topological polar surface area (TPSA) is 20.2 Å². The van der Waals surface area contributed by atoms with Gasteiger partial charge in [-0.15, -0.1) is 0 Å². The number of hydrogen-bond acceptors (Lipinski definition) is 1. The predicted molar refractivity (Wildman–Crippen MR) is 63.3 cm³/mol. The molecule has 0 saturated heterocycles. The third kappa shape index (κ3) is 8.31.